The summed E-state index contributed by atoms with van der Waals surface area (Å²) in [6, 6.07) is -5.52. The summed E-state index contributed by atoms with van der Waals surface area (Å²) >= 11 is 0. The monoisotopic (exact) mass is 1300 g/mol. The van der Waals surface area contributed by atoms with Gasteiger partial charge in [0.15, 0.2) is 50.3 Å². The van der Waals surface area contributed by atoms with Crippen LogP contribution in [0.1, 0.15) is 25.7 Å². The first kappa shape index (κ1) is 70.4. The lowest BCUT2D eigenvalue weighted by Crippen LogP contribution is -2.66. The predicted octanol–water partition coefficient (Wildman–Crippen LogP) is -11.6. The Bertz CT molecular complexity index is 2330. The lowest BCUT2D eigenvalue weighted by atomic mass is 9.96. The Balaban J connectivity index is 0.830. The molecule has 8 aliphatic rings. The first-order valence-corrected chi connectivity index (χ1v) is 30.1. The lowest BCUT2D eigenvalue weighted by Gasteiger charge is -2.47. The Morgan fingerprint density at radius 3 is 0.965 bits per heavy atom. The van der Waals surface area contributed by atoms with Crippen molar-refractivity contribution >= 4 is 20.8 Å². The molecule has 0 aromatic carbocycles. The second-order valence-electron chi connectivity index (χ2n) is 21.7. The topological polar surface area (TPSA) is 601 Å². The van der Waals surface area contributed by atoms with Crippen molar-refractivity contribution in [3.05, 3.63) is 0 Å². The molecule has 8 saturated heterocycles. The molecule has 86 heavy (non-hydrogen) atoms. The maximum Gasteiger partial charge on any atom is 0.397 e. The van der Waals surface area contributed by atoms with E-state index in [4.69, 9.17) is 98.7 Å². The SMILES string of the molecule is CO[C@H]1OC(CO)[C@@H](O[C@H]2C[C@H](O)[C@H](O[C@@H]3OC(COS(=O)(=O)O)[C@@H](O[C@H]4C[C@H](O)[C@H](O[C@@H]5OC(COS(=O)(=O)O)[C@@H](O[C@H]6C[C@H](O)[C@H](O[C@H]7OC(CO)[C@@H](O[C@H]8C[C@H](O)[C@H](O)CO8)[C@H](O)C7N)CO6)[C@H](O)C5N)CO4)[C@H](O)C3N)CO2)[C@H](O)C1N. The maximum atomic E-state index is 11.7. The molecular formula is C45H80N4O35S2. The van der Waals surface area contributed by atoms with Crippen molar-refractivity contribution < 1.29 is 166 Å². The van der Waals surface area contributed by atoms with Gasteiger partial charge in [-0.05, 0) is 0 Å². The molecule has 502 valence electrons. The van der Waals surface area contributed by atoms with Gasteiger partial charge in [0.1, 0.15) is 97.7 Å². The highest BCUT2D eigenvalue weighted by Gasteiger charge is 2.54. The summed E-state index contributed by atoms with van der Waals surface area (Å²) in [6.07, 6.45) is -41.0. The number of nitrogens with two attached hydrogens (primary N) is 4. The third-order valence-corrected chi connectivity index (χ3v) is 16.5. The predicted molar refractivity (Wildman–Crippen MR) is 268 cm³/mol. The quantitative estimate of drug-likeness (QED) is 0.0422. The molecule has 0 aliphatic carbocycles. The van der Waals surface area contributed by atoms with E-state index in [1.807, 2.05) is 0 Å². The van der Waals surface area contributed by atoms with Crippen LogP contribution < -0.4 is 22.9 Å². The molecule has 8 rings (SSSR count). The number of methoxy groups -OCH3 is 1. The zero-order valence-corrected chi connectivity index (χ0v) is 47.5. The molecule has 32 atom stereocenters. The third-order valence-electron chi connectivity index (χ3n) is 15.7. The molecule has 0 amide bonds. The minimum Gasteiger partial charge on any atom is -0.394 e. The smallest absolute Gasteiger partial charge is 0.394 e. The fourth-order valence-corrected chi connectivity index (χ4v) is 11.4. The normalized spacial score (nSPS) is 48.4. The van der Waals surface area contributed by atoms with Gasteiger partial charge in [0.2, 0.25) is 0 Å². The molecule has 0 spiro atoms. The van der Waals surface area contributed by atoms with E-state index in [-0.39, 0.29) is 19.4 Å². The molecule has 0 radical (unpaired) electrons. The van der Waals surface area contributed by atoms with Crippen LogP contribution in [0.3, 0.4) is 0 Å². The molecule has 0 aromatic rings. The van der Waals surface area contributed by atoms with Gasteiger partial charge in [0, 0.05) is 32.8 Å². The molecule has 41 heteroatoms. The van der Waals surface area contributed by atoms with Gasteiger partial charge in [-0.15, -0.1) is 0 Å². The van der Waals surface area contributed by atoms with Gasteiger partial charge in [0.25, 0.3) is 0 Å². The van der Waals surface area contributed by atoms with Gasteiger partial charge in [0.05, 0.1) is 101 Å². The largest absolute Gasteiger partial charge is 0.397 e. The number of hydrogen-bond acceptors (Lipinski definition) is 37. The Hall–Kier alpha value is -1.50. The molecule has 8 unspecified atom stereocenters. The molecule has 8 aliphatic heterocycles. The third kappa shape index (κ3) is 17.6. The molecule has 8 heterocycles. The van der Waals surface area contributed by atoms with Crippen LogP contribution in [0.25, 0.3) is 0 Å². The van der Waals surface area contributed by atoms with E-state index in [1.165, 1.54) is 7.11 Å². The average molecular weight is 1300 g/mol. The summed E-state index contributed by atoms with van der Waals surface area (Å²) in [6.45, 7) is -5.04. The van der Waals surface area contributed by atoms with E-state index in [2.05, 4.69) is 8.37 Å². The van der Waals surface area contributed by atoms with E-state index in [1.54, 1.807) is 0 Å². The van der Waals surface area contributed by atoms with Crippen LogP contribution in [0.15, 0.2) is 0 Å². The standard InChI is InChI=1S/C45H80N4O35S2/c1-67-42-30(46)34(57)38(19(6-50)74-42)82-27-3-15(53)22(10-69-27)77-44-32(48)36(59)41(25(79-44)13-73-86(64,65)66)84-29-5-17(55)23(11-71-29)78-45-33(49)37(60)40(24(80-45)12-72-85(61,62)63)83-28-4-16(54)21(9-70-28)76-43-31(47)35(58)39(20(7-51)75-43)81-26-2-14(52)18(56)8-68-26/h14-45,50-60H,2-13,46-49H2,1H3,(H,61,62,63)(H,64,65,66)/t14-,15-,16-,17-,18+,19?,20?,21+,22+,23+,24?,25?,26-,27-,28-,29-,30?,31?,32?,33?,34+,35+,36+,37+,38+,39+,40+,41+,42-,43+,44+,45+/m0/s1. The molecule has 0 bridgehead atoms. The summed E-state index contributed by atoms with van der Waals surface area (Å²) in [5.74, 6) is 0. The van der Waals surface area contributed by atoms with Gasteiger partial charge in [-0.2, -0.15) is 16.8 Å². The van der Waals surface area contributed by atoms with Crippen molar-refractivity contribution in [2.24, 2.45) is 22.9 Å². The fraction of sp³-hybridized carbons (Fsp3) is 1.00. The zero-order chi connectivity index (χ0) is 62.7. The van der Waals surface area contributed by atoms with Crippen molar-refractivity contribution in [3.8, 4) is 0 Å². The van der Waals surface area contributed by atoms with E-state index in [9.17, 15) is 82.1 Å². The first-order valence-electron chi connectivity index (χ1n) is 27.4. The highest BCUT2D eigenvalue weighted by atomic mass is 32.3. The Morgan fingerprint density at radius 2 is 0.674 bits per heavy atom. The number of ether oxygens (including phenoxy) is 16. The summed E-state index contributed by atoms with van der Waals surface area (Å²) < 4.78 is 167. The highest BCUT2D eigenvalue weighted by molar-refractivity contribution is 7.81. The fourth-order valence-electron chi connectivity index (χ4n) is 10.8. The van der Waals surface area contributed by atoms with Gasteiger partial charge >= 0.3 is 20.8 Å². The van der Waals surface area contributed by atoms with E-state index < -0.39 is 276 Å². The second kappa shape index (κ2) is 30.5. The second-order valence-corrected chi connectivity index (χ2v) is 23.9. The van der Waals surface area contributed by atoms with Crippen LogP contribution in [0.5, 0.6) is 0 Å². The van der Waals surface area contributed by atoms with Crippen LogP contribution >= 0.6 is 0 Å². The molecule has 21 N–H and O–H groups in total. The Labute approximate surface area is 491 Å². The molecule has 0 aromatic heterocycles. The highest BCUT2D eigenvalue weighted by Crippen LogP contribution is 2.36. The summed E-state index contributed by atoms with van der Waals surface area (Å²) in [5, 5.41) is 118. The van der Waals surface area contributed by atoms with Crippen molar-refractivity contribution in [1.82, 2.24) is 0 Å². The number of hydrogen-bond donors (Lipinski definition) is 17. The van der Waals surface area contributed by atoms with Crippen LogP contribution in [0.2, 0.25) is 0 Å². The van der Waals surface area contributed by atoms with Crippen LogP contribution in [-0.2, 0) is 105 Å². The number of aliphatic hydroxyl groups excluding tert-OH is 11. The minimum absolute atomic E-state index is 0.163. The van der Waals surface area contributed by atoms with Crippen LogP contribution in [0, 0.1) is 0 Å². The van der Waals surface area contributed by atoms with E-state index in [0.717, 1.165) is 0 Å². The van der Waals surface area contributed by atoms with Crippen molar-refractivity contribution in [3.63, 3.8) is 0 Å². The van der Waals surface area contributed by atoms with Gasteiger partial charge in [-0.25, -0.2) is 8.37 Å². The van der Waals surface area contributed by atoms with E-state index in [0.29, 0.717) is 0 Å². The Morgan fingerprint density at radius 1 is 0.395 bits per heavy atom. The van der Waals surface area contributed by atoms with Crippen molar-refractivity contribution in [1.29, 1.82) is 0 Å². The maximum absolute atomic E-state index is 11.7. The van der Waals surface area contributed by atoms with Crippen LogP contribution in [0.4, 0.5) is 0 Å². The summed E-state index contributed by atoms with van der Waals surface area (Å²) in [4.78, 5) is 0. The van der Waals surface area contributed by atoms with Crippen LogP contribution in [-0.4, -0.2) is 339 Å². The van der Waals surface area contributed by atoms with Crippen molar-refractivity contribution in [2.75, 3.05) is 60.0 Å². The van der Waals surface area contributed by atoms with Gasteiger partial charge in [-0.3, -0.25) is 9.11 Å². The first-order chi connectivity index (χ1) is 40.6. The van der Waals surface area contributed by atoms with Crippen molar-refractivity contribution in [2.45, 2.75) is 222 Å². The lowest BCUT2D eigenvalue weighted by molar-refractivity contribution is -0.350. The Kier molecular flexibility index (Phi) is 25.0. The summed E-state index contributed by atoms with van der Waals surface area (Å²) in [5.41, 5.74) is 24.9. The average Bonchev–Trinajstić information content (AvgIpc) is 1.86. The molecule has 0 saturated carbocycles. The number of aliphatic hydroxyl groups is 11. The zero-order valence-electron chi connectivity index (χ0n) is 45.9. The van der Waals surface area contributed by atoms with Gasteiger partial charge in [-0.1, -0.05) is 0 Å². The van der Waals surface area contributed by atoms with Gasteiger partial charge < -0.3 is 155 Å². The molecule has 8 fully saturated rings. The number of rotatable bonds is 23. The van der Waals surface area contributed by atoms with E-state index >= 15 is 0 Å². The molecule has 39 nitrogen and oxygen atoms in total. The molecular weight excluding hydrogens is 1220 g/mol. The summed E-state index contributed by atoms with van der Waals surface area (Å²) in [7, 11) is -9.02. The minimum atomic E-state index is -5.16.